The summed E-state index contributed by atoms with van der Waals surface area (Å²) in [7, 11) is 0. The molecule has 5 aliphatic carbocycles. The molecule has 1 unspecified atom stereocenters. The number of fused-ring (bicyclic) bond motifs is 1. The van der Waals surface area contributed by atoms with Crippen molar-refractivity contribution in [2.45, 2.75) is 83.5 Å². The van der Waals surface area contributed by atoms with Gasteiger partial charge in [0.05, 0.1) is 11.7 Å². The molecule has 0 N–H and O–H groups in total. The lowest BCUT2D eigenvalue weighted by Gasteiger charge is -2.36. The topological polar surface area (TPSA) is 25.8 Å². The van der Waals surface area contributed by atoms with Crippen LogP contribution in [0.5, 0.6) is 0 Å². The molecule has 1 heterocycles. The maximum atomic E-state index is 5.07. The summed E-state index contributed by atoms with van der Waals surface area (Å²) in [6, 6.07) is 33.2. The second kappa shape index (κ2) is 9.25. The van der Waals surface area contributed by atoms with Gasteiger partial charge in [0.2, 0.25) is 0 Å². The van der Waals surface area contributed by atoms with Gasteiger partial charge in [0, 0.05) is 27.4 Å². The first kappa shape index (κ1) is 30.6. The number of hydrogen-bond acceptors (Lipinski definition) is 3. The summed E-state index contributed by atoms with van der Waals surface area (Å²) in [5.74, 6) is 0.489. The van der Waals surface area contributed by atoms with Gasteiger partial charge in [-0.05, 0) is 136 Å². The molecule has 0 saturated carbocycles. The molecule has 1 atom stereocenters. The Kier molecular flexibility index (Phi) is 5.34. The zero-order chi connectivity index (χ0) is 36.1. The van der Waals surface area contributed by atoms with Crippen molar-refractivity contribution in [1.29, 1.82) is 0 Å². The molecule has 0 radical (unpaired) electrons. The highest BCUT2D eigenvalue weighted by Crippen LogP contribution is 2.61. The highest BCUT2D eigenvalue weighted by Gasteiger charge is 2.50. The van der Waals surface area contributed by atoms with Gasteiger partial charge in [0.15, 0.2) is 0 Å². The predicted molar refractivity (Wildman–Crippen MR) is 221 cm³/mol. The van der Waals surface area contributed by atoms with Gasteiger partial charge in [0.25, 0.3) is 0 Å². The zero-order valence-electron chi connectivity index (χ0n) is 31.7. The number of aromatic nitrogens is 2. The molecule has 0 fully saturated rings. The van der Waals surface area contributed by atoms with E-state index in [0.717, 1.165) is 17.5 Å². The molecule has 1 aromatic heterocycles. The van der Waals surface area contributed by atoms with Crippen LogP contribution < -0.4 is 10.4 Å². The van der Waals surface area contributed by atoms with Crippen LogP contribution >= 0.6 is 11.7 Å². The Morgan fingerprint density at radius 3 is 1.83 bits per heavy atom. The van der Waals surface area contributed by atoms with E-state index < -0.39 is 0 Å². The molecule has 0 saturated heterocycles. The lowest BCUT2D eigenvalue weighted by atomic mass is 9.67. The second-order valence-corrected chi connectivity index (χ2v) is 19.2. The maximum Gasteiger partial charge on any atom is 0.113 e. The van der Waals surface area contributed by atoms with E-state index in [2.05, 4.69) is 146 Å². The van der Waals surface area contributed by atoms with E-state index in [-0.39, 0.29) is 21.7 Å². The Bertz CT molecular complexity index is 3040. The normalized spacial score (nSPS) is 20.5. The minimum absolute atomic E-state index is 0.0315. The Hall–Kier alpha value is -4.86. The van der Waals surface area contributed by atoms with Crippen molar-refractivity contribution in [2.75, 3.05) is 0 Å². The summed E-state index contributed by atoms with van der Waals surface area (Å²) < 4.78 is 10.1. The zero-order valence-corrected chi connectivity index (χ0v) is 32.6. The molecule has 53 heavy (non-hydrogen) atoms. The van der Waals surface area contributed by atoms with Gasteiger partial charge in [-0.1, -0.05) is 122 Å². The average molecular weight is 703 g/mol. The summed E-state index contributed by atoms with van der Waals surface area (Å²) in [4.78, 5) is 0. The van der Waals surface area contributed by atoms with Gasteiger partial charge in [-0.15, -0.1) is 0 Å². The van der Waals surface area contributed by atoms with Gasteiger partial charge < -0.3 is 0 Å². The Morgan fingerprint density at radius 2 is 1.13 bits per heavy atom. The van der Waals surface area contributed by atoms with Crippen molar-refractivity contribution < 1.29 is 0 Å². The molecule has 12 rings (SSSR count). The third kappa shape index (κ3) is 3.40. The molecular weight excluding hydrogens is 661 g/mol. The number of benzene rings is 6. The summed E-state index contributed by atoms with van der Waals surface area (Å²) in [5, 5.41) is 5.71. The summed E-state index contributed by atoms with van der Waals surface area (Å²) in [6.45, 7) is 19.5. The minimum Gasteiger partial charge on any atom is -0.172 e. The van der Waals surface area contributed by atoms with Crippen molar-refractivity contribution in [3.63, 3.8) is 0 Å². The fourth-order valence-corrected chi connectivity index (χ4v) is 12.4. The lowest BCUT2D eigenvalue weighted by molar-refractivity contribution is 0.419. The molecule has 3 heteroatoms. The number of rotatable bonds is 2. The van der Waals surface area contributed by atoms with E-state index in [1.54, 1.807) is 5.57 Å². The number of hydrogen-bond donors (Lipinski definition) is 0. The molecule has 0 spiro atoms. The van der Waals surface area contributed by atoms with Crippen LogP contribution in [0.3, 0.4) is 0 Å². The van der Waals surface area contributed by atoms with E-state index in [9.17, 15) is 0 Å². The molecule has 0 bridgehead atoms. The van der Waals surface area contributed by atoms with Crippen LogP contribution in [0.1, 0.15) is 106 Å². The fourth-order valence-electron chi connectivity index (χ4n) is 11.8. The van der Waals surface area contributed by atoms with Crippen LogP contribution in [0.25, 0.3) is 66.8 Å². The predicted octanol–water partition coefficient (Wildman–Crippen LogP) is 11.1. The van der Waals surface area contributed by atoms with Gasteiger partial charge in [-0.3, -0.25) is 0 Å². The van der Waals surface area contributed by atoms with Crippen molar-refractivity contribution in [3.8, 4) is 33.4 Å². The lowest BCUT2D eigenvalue weighted by Crippen LogP contribution is -2.44. The van der Waals surface area contributed by atoms with Crippen LogP contribution in [0.4, 0.5) is 0 Å². The van der Waals surface area contributed by atoms with Gasteiger partial charge in [-0.25, -0.2) is 0 Å². The van der Waals surface area contributed by atoms with Crippen molar-refractivity contribution >= 4 is 45.2 Å². The quantitative estimate of drug-likeness (QED) is 0.179. The third-order valence-electron chi connectivity index (χ3n) is 14.8. The van der Waals surface area contributed by atoms with E-state index in [0.29, 0.717) is 5.92 Å². The summed E-state index contributed by atoms with van der Waals surface area (Å²) in [5.41, 5.74) is 22.7. The molecule has 2 nitrogen and oxygen atoms in total. The SMILES string of the molecule is CC1(C)c2cc(-c3ccc(-c4cc5c6c(c4)C(C)(C)C4CC=c7cccc(c7=C64)C5(C)C)c4nsnc34)cc3c2-c2c1ccc1cccc(c21)C3(C)C. The van der Waals surface area contributed by atoms with Gasteiger partial charge in [0.1, 0.15) is 11.0 Å². The first-order valence-corrected chi connectivity index (χ1v) is 20.1. The standard InChI is InChI=1S/C50H42N2S/c1-47(2)31-13-9-11-25-15-19-33-43(39(25)31)41-35(47)21-27(23-37(41)49(33,5)6)29-17-18-30(46-45(29)51-53-52-46)28-22-36-42-38(24-28)50(7,8)34-20-16-26-12-10-14-32(48(36,3)4)40(26)44(34)42/h9-19,21-24,34H,20H2,1-8H3. The summed E-state index contributed by atoms with van der Waals surface area (Å²) >= 11 is 1.34. The van der Waals surface area contributed by atoms with Gasteiger partial charge >= 0.3 is 0 Å². The molecule has 5 aliphatic rings. The monoisotopic (exact) mass is 702 g/mol. The largest absolute Gasteiger partial charge is 0.172 e. The van der Waals surface area contributed by atoms with E-state index in [1.807, 2.05) is 0 Å². The Labute approximate surface area is 315 Å². The van der Waals surface area contributed by atoms with Crippen LogP contribution in [0.2, 0.25) is 0 Å². The van der Waals surface area contributed by atoms with Crippen molar-refractivity contribution in [3.05, 3.63) is 140 Å². The minimum atomic E-state index is -0.136. The van der Waals surface area contributed by atoms with Crippen LogP contribution in [0.15, 0.2) is 84.9 Å². The maximum absolute atomic E-state index is 5.07. The van der Waals surface area contributed by atoms with Gasteiger partial charge in [-0.2, -0.15) is 8.75 Å². The third-order valence-corrected chi connectivity index (χ3v) is 15.3. The molecule has 0 amide bonds. The van der Waals surface area contributed by atoms with Crippen molar-refractivity contribution in [1.82, 2.24) is 8.75 Å². The van der Waals surface area contributed by atoms with E-state index >= 15 is 0 Å². The molecule has 0 aliphatic heterocycles. The first-order chi connectivity index (χ1) is 25.3. The average Bonchev–Trinajstić information content (AvgIpc) is 3.79. The fraction of sp³-hybridized carbons (Fsp3) is 0.280. The van der Waals surface area contributed by atoms with Crippen LogP contribution in [0, 0.1) is 5.92 Å². The molecule has 6 aromatic carbocycles. The number of nitrogens with zero attached hydrogens (tertiary/aromatic N) is 2. The Morgan fingerprint density at radius 1 is 0.547 bits per heavy atom. The van der Waals surface area contributed by atoms with E-state index in [1.165, 1.54) is 111 Å². The van der Waals surface area contributed by atoms with Crippen molar-refractivity contribution in [2.24, 2.45) is 5.92 Å². The smallest absolute Gasteiger partial charge is 0.113 e. The molecular formula is C50H42N2S. The van der Waals surface area contributed by atoms with Crippen LogP contribution in [-0.2, 0) is 21.7 Å². The summed E-state index contributed by atoms with van der Waals surface area (Å²) in [6.07, 6.45) is 3.59. The van der Waals surface area contributed by atoms with Crippen LogP contribution in [-0.4, -0.2) is 8.75 Å². The second-order valence-electron chi connectivity index (χ2n) is 18.7. The first-order valence-electron chi connectivity index (χ1n) is 19.4. The Balaban J connectivity index is 1.08. The highest BCUT2D eigenvalue weighted by atomic mass is 32.1. The van der Waals surface area contributed by atoms with E-state index in [4.69, 9.17) is 8.75 Å². The molecule has 258 valence electrons. The highest BCUT2D eigenvalue weighted by molar-refractivity contribution is 7.00. The molecule has 7 aromatic rings.